The Bertz CT molecular complexity index is 990. The standard InChI is InChI=1S/C19H19N5O3S/c1-13(20-18(25)14-8-4-3-5-9-14)17-21-22-19(23(17)2)28-12-15-10-6-7-11-16(15)24(26)27/h3-11,13H,12H2,1-2H3,(H,20,25)/t13-/m0/s1. The Morgan fingerprint density at radius 1 is 1.18 bits per heavy atom. The third-order valence-electron chi connectivity index (χ3n) is 4.18. The van der Waals surface area contributed by atoms with E-state index in [4.69, 9.17) is 0 Å². The lowest BCUT2D eigenvalue weighted by Gasteiger charge is -2.13. The number of amides is 1. The Kier molecular flexibility index (Phi) is 6.05. The molecule has 28 heavy (non-hydrogen) atoms. The summed E-state index contributed by atoms with van der Waals surface area (Å²) in [5, 5.41) is 23.0. The summed E-state index contributed by atoms with van der Waals surface area (Å²) in [5.74, 6) is 0.813. The highest BCUT2D eigenvalue weighted by molar-refractivity contribution is 7.98. The Balaban J connectivity index is 1.68. The van der Waals surface area contributed by atoms with Crippen molar-refractivity contribution in [2.24, 2.45) is 7.05 Å². The quantitative estimate of drug-likeness (QED) is 0.372. The molecule has 0 aliphatic carbocycles. The molecule has 0 spiro atoms. The van der Waals surface area contributed by atoms with Gasteiger partial charge in [0.15, 0.2) is 11.0 Å². The van der Waals surface area contributed by atoms with E-state index in [1.54, 1.807) is 47.0 Å². The van der Waals surface area contributed by atoms with Crippen molar-refractivity contribution in [3.8, 4) is 0 Å². The van der Waals surface area contributed by atoms with Gasteiger partial charge >= 0.3 is 0 Å². The van der Waals surface area contributed by atoms with Gasteiger partial charge in [-0.15, -0.1) is 10.2 Å². The smallest absolute Gasteiger partial charge is 0.273 e. The van der Waals surface area contributed by atoms with Gasteiger partial charge in [-0.2, -0.15) is 0 Å². The molecule has 0 unspecified atom stereocenters. The predicted octanol–water partition coefficient (Wildman–Crippen LogP) is 3.51. The number of nitro groups is 1. The fourth-order valence-electron chi connectivity index (χ4n) is 2.72. The van der Waals surface area contributed by atoms with Crippen LogP contribution in [0.15, 0.2) is 59.8 Å². The van der Waals surface area contributed by atoms with E-state index < -0.39 is 0 Å². The van der Waals surface area contributed by atoms with Crippen LogP contribution in [-0.4, -0.2) is 25.6 Å². The number of nitro benzene ring substituents is 1. The second kappa shape index (κ2) is 8.66. The van der Waals surface area contributed by atoms with Gasteiger partial charge in [0, 0.05) is 30.0 Å². The molecule has 2 aromatic carbocycles. The Hall–Kier alpha value is -3.20. The minimum absolute atomic E-state index is 0.0842. The van der Waals surface area contributed by atoms with Crippen molar-refractivity contribution < 1.29 is 9.72 Å². The van der Waals surface area contributed by atoms with E-state index >= 15 is 0 Å². The second-order valence-electron chi connectivity index (χ2n) is 6.14. The zero-order chi connectivity index (χ0) is 20.1. The highest BCUT2D eigenvalue weighted by atomic mass is 32.2. The van der Waals surface area contributed by atoms with E-state index in [-0.39, 0.29) is 22.6 Å². The van der Waals surface area contributed by atoms with Crippen LogP contribution in [0.5, 0.6) is 0 Å². The summed E-state index contributed by atoms with van der Waals surface area (Å²) in [4.78, 5) is 23.1. The number of hydrogen-bond acceptors (Lipinski definition) is 6. The molecule has 9 heteroatoms. The Morgan fingerprint density at radius 3 is 2.57 bits per heavy atom. The fourth-order valence-corrected chi connectivity index (χ4v) is 3.63. The molecular weight excluding hydrogens is 378 g/mol. The topological polar surface area (TPSA) is 103 Å². The maximum Gasteiger partial charge on any atom is 0.273 e. The van der Waals surface area contributed by atoms with Crippen LogP contribution in [-0.2, 0) is 12.8 Å². The Labute approximate surface area is 166 Å². The van der Waals surface area contributed by atoms with Crippen LogP contribution in [0.4, 0.5) is 5.69 Å². The van der Waals surface area contributed by atoms with E-state index in [1.807, 2.05) is 20.0 Å². The number of benzene rings is 2. The SMILES string of the molecule is C[C@H](NC(=O)c1ccccc1)c1nnc(SCc2ccccc2[N+](=O)[O-])n1C. The van der Waals surface area contributed by atoms with Crippen molar-refractivity contribution in [2.75, 3.05) is 0 Å². The van der Waals surface area contributed by atoms with E-state index in [0.717, 1.165) is 0 Å². The van der Waals surface area contributed by atoms with Gasteiger partial charge in [-0.1, -0.05) is 48.2 Å². The molecule has 0 saturated carbocycles. The summed E-state index contributed by atoms with van der Waals surface area (Å²) in [6.07, 6.45) is 0. The van der Waals surface area contributed by atoms with Crippen LogP contribution in [0.3, 0.4) is 0 Å². The summed E-state index contributed by atoms with van der Waals surface area (Å²) in [5.41, 5.74) is 1.27. The average molecular weight is 397 g/mol. The number of rotatable bonds is 7. The molecule has 0 radical (unpaired) electrons. The summed E-state index contributed by atoms with van der Waals surface area (Å²) < 4.78 is 1.79. The number of nitrogens with one attached hydrogen (secondary N) is 1. The summed E-state index contributed by atoms with van der Waals surface area (Å²) in [7, 11) is 1.81. The number of nitrogens with zero attached hydrogens (tertiary/aromatic N) is 4. The third-order valence-corrected chi connectivity index (χ3v) is 5.25. The molecule has 8 nitrogen and oxygen atoms in total. The van der Waals surface area contributed by atoms with E-state index in [0.29, 0.717) is 27.9 Å². The largest absolute Gasteiger partial charge is 0.342 e. The van der Waals surface area contributed by atoms with E-state index in [9.17, 15) is 14.9 Å². The van der Waals surface area contributed by atoms with Crippen LogP contribution in [0.2, 0.25) is 0 Å². The van der Waals surface area contributed by atoms with Crippen LogP contribution in [0, 0.1) is 10.1 Å². The van der Waals surface area contributed by atoms with Crippen molar-refractivity contribution in [1.82, 2.24) is 20.1 Å². The van der Waals surface area contributed by atoms with Gasteiger partial charge in [0.2, 0.25) is 0 Å². The lowest BCUT2D eigenvalue weighted by atomic mass is 10.2. The molecule has 1 amide bonds. The van der Waals surface area contributed by atoms with Crippen molar-refractivity contribution in [3.63, 3.8) is 0 Å². The lowest BCUT2D eigenvalue weighted by Crippen LogP contribution is -2.28. The maximum absolute atomic E-state index is 12.3. The van der Waals surface area contributed by atoms with Gasteiger partial charge in [0.1, 0.15) is 0 Å². The van der Waals surface area contributed by atoms with Crippen LogP contribution in [0.25, 0.3) is 0 Å². The molecule has 1 aromatic heterocycles. The first-order valence-electron chi connectivity index (χ1n) is 8.57. The minimum Gasteiger partial charge on any atom is -0.342 e. The van der Waals surface area contributed by atoms with E-state index in [1.165, 1.54) is 17.8 Å². The molecule has 0 saturated heterocycles. The predicted molar refractivity (Wildman–Crippen MR) is 106 cm³/mol. The van der Waals surface area contributed by atoms with Gasteiger partial charge in [0.05, 0.1) is 11.0 Å². The highest BCUT2D eigenvalue weighted by Gasteiger charge is 2.19. The van der Waals surface area contributed by atoms with Gasteiger partial charge in [-0.05, 0) is 19.1 Å². The highest BCUT2D eigenvalue weighted by Crippen LogP contribution is 2.27. The van der Waals surface area contributed by atoms with Crippen LogP contribution in [0.1, 0.15) is 34.7 Å². The molecule has 0 aliphatic heterocycles. The number of para-hydroxylation sites is 1. The number of carbonyl (C=O) groups excluding carboxylic acids is 1. The van der Waals surface area contributed by atoms with Gasteiger partial charge in [-0.3, -0.25) is 14.9 Å². The molecule has 3 aromatic rings. The lowest BCUT2D eigenvalue weighted by molar-refractivity contribution is -0.385. The minimum atomic E-state index is -0.390. The van der Waals surface area contributed by atoms with Gasteiger partial charge in [0.25, 0.3) is 11.6 Å². The number of aromatic nitrogens is 3. The van der Waals surface area contributed by atoms with Crippen LogP contribution >= 0.6 is 11.8 Å². The first kappa shape index (κ1) is 19.6. The first-order chi connectivity index (χ1) is 13.5. The molecule has 1 N–H and O–H groups in total. The Morgan fingerprint density at radius 2 is 1.86 bits per heavy atom. The molecule has 0 aliphatic rings. The molecule has 0 bridgehead atoms. The number of carbonyl (C=O) groups is 1. The molecule has 3 rings (SSSR count). The van der Waals surface area contributed by atoms with Crippen LogP contribution < -0.4 is 5.32 Å². The fraction of sp³-hybridized carbons (Fsp3) is 0.211. The van der Waals surface area contributed by atoms with E-state index in [2.05, 4.69) is 15.5 Å². The van der Waals surface area contributed by atoms with Crippen molar-refractivity contribution in [1.29, 1.82) is 0 Å². The monoisotopic (exact) mass is 397 g/mol. The molecule has 0 fully saturated rings. The molecule has 1 heterocycles. The zero-order valence-corrected chi connectivity index (χ0v) is 16.2. The summed E-state index contributed by atoms with van der Waals surface area (Å²) in [6.45, 7) is 1.83. The molecule has 1 atom stereocenters. The summed E-state index contributed by atoms with van der Waals surface area (Å²) >= 11 is 1.36. The third kappa shape index (κ3) is 4.37. The molecular formula is C19H19N5O3S. The average Bonchev–Trinajstić information content (AvgIpc) is 3.07. The zero-order valence-electron chi connectivity index (χ0n) is 15.4. The normalized spacial score (nSPS) is 11.8. The maximum atomic E-state index is 12.3. The number of thioether (sulfide) groups is 1. The van der Waals surface area contributed by atoms with Crippen molar-refractivity contribution in [2.45, 2.75) is 23.9 Å². The molecule has 144 valence electrons. The van der Waals surface area contributed by atoms with Gasteiger partial charge in [-0.25, -0.2) is 0 Å². The number of hydrogen-bond donors (Lipinski definition) is 1. The van der Waals surface area contributed by atoms with Gasteiger partial charge < -0.3 is 9.88 Å². The first-order valence-corrected chi connectivity index (χ1v) is 9.56. The van der Waals surface area contributed by atoms with Crippen molar-refractivity contribution in [3.05, 3.63) is 81.7 Å². The summed E-state index contributed by atoms with van der Waals surface area (Å²) in [6, 6.07) is 15.2. The van der Waals surface area contributed by atoms with Crippen molar-refractivity contribution >= 4 is 23.4 Å². The second-order valence-corrected chi connectivity index (χ2v) is 7.08.